The summed E-state index contributed by atoms with van der Waals surface area (Å²) in [5.74, 6) is 7.94. The van der Waals surface area contributed by atoms with Gasteiger partial charge < -0.3 is 9.47 Å². The molecule has 138 valence electrons. The van der Waals surface area contributed by atoms with Crippen LogP contribution in [-0.2, 0) is 0 Å². The molecule has 0 fully saturated rings. The van der Waals surface area contributed by atoms with Crippen molar-refractivity contribution in [1.29, 1.82) is 0 Å². The van der Waals surface area contributed by atoms with E-state index in [0.717, 1.165) is 39.3 Å². The molecule has 0 aliphatic carbocycles. The molecule has 3 aromatic rings. The van der Waals surface area contributed by atoms with Crippen molar-refractivity contribution < 1.29 is 9.47 Å². The Bertz CT molecular complexity index is 966. The summed E-state index contributed by atoms with van der Waals surface area (Å²) in [6.45, 7) is 4.13. The second-order valence-corrected chi connectivity index (χ2v) is 6.16. The van der Waals surface area contributed by atoms with Gasteiger partial charge in [0.25, 0.3) is 0 Å². The highest BCUT2D eigenvalue weighted by Crippen LogP contribution is 2.28. The standard InChI is InChI=1S/C26H22O2/c1-20(9-10-21-7-5-4-6-8-21)19-26(22-11-15-24(27-2)16-12-22)23-13-17-25(28-3)18-14-23/h4-8,11-19H,1H2,2-3H3. The van der Waals surface area contributed by atoms with Crippen molar-refractivity contribution in [3.8, 4) is 23.3 Å². The molecule has 2 heteroatoms. The largest absolute Gasteiger partial charge is 0.497 e. The Morgan fingerprint density at radius 1 is 0.750 bits per heavy atom. The van der Waals surface area contributed by atoms with E-state index >= 15 is 0 Å². The summed E-state index contributed by atoms with van der Waals surface area (Å²) >= 11 is 0. The van der Waals surface area contributed by atoms with Gasteiger partial charge in [0.15, 0.2) is 0 Å². The summed E-state index contributed by atoms with van der Waals surface area (Å²) in [6.07, 6.45) is 2.01. The first-order valence-electron chi connectivity index (χ1n) is 8.96. The molecule has 0 saturated carbocycles. The lowest BCUT2D eigenvalue weighted by molar-refractivity contribution is 0.414. The van der Waals surface area contributed by atoms with Crippen LogP contribution in [0.3, 0.4) is 0 Å². The van der Waals surface area contributed by atoms with Crippen LogP contribution in [0.5, 0.6) is 11.5 Å². The number of methoxy groups -OCH3 is 2. The Hall–Kier alpha value is -3.70. The van der Waals surface area contributed by atoms with Crippen LogP contribution in [0, 0.1) is 11.8 Å². The molecule has 0 N–H and O–H groups in total. The Balaban J connectivity index is 1.97. The first-order chi connectivity index (χ1) is 13.7. The summed E-state index contributed by atoms with van der Waals surface area (Å²) in [7, 11) is 3.33. The van der Waals surface area contributed by atoms with Crippen LogP contribution < -0.4 is 9.47 Å². The second-order valence-electron chi connectivity index (χ2n) is 6.16. The lowest BCUT2D eigenvalue weighted by atomic mass is 9.95. The molecule has 0 aliphatic rings. The lowest BCUT2D eigenvalue weighted by Gasteiger charge is -2.10. The van der Waals surface area contributed by atoms with Crippen molar-refractivity contribution in [2.75, 3.05) is 14.2 Å². The molecule has 0 bridgehead atoms. The van der Waals surface area contributed by atoms with Gasteiger partial charge in [0.05, 0.1) is 14.2 Å². The van der Waals surface area contributed by atoms with Crippen LogP contribution in [0.1, 0.15) is 16.7 Å². The van der Waals surface area contributed by atoms with Crippen LogP contribution >= 0.6 is 0 Å². The molecule has 0 unspecified atom stereocenters. The Labute approximate surface area is 166 Å². The Morgan fingerprint density at radius 2 is 1.25 bits per heavy atom. The van der Waals surface area contributed by atoms with Crippen LogP contribution in [0.2, 0.25) is 0 Å². The van der Waals surface area contributed by atoms with Crippen molar-refractivity contribution in [2.45, 2.75) is 0 Å². The maximum Gasteiger partial charge on any atom is 0.118 e. The summed E-state index contributed by atoms with van der Waals surface area (Å²) in [4.78, 5) is 0. The molecule has 0 atom stereocenters. The third-order valence-electron chi connectivity index (χ3n) is 4.26. The van der Waals surface area contributed by atoms with Crippen LogP contribution in [0.25, 0.3) is 5.57 Å². The van der Waals surface area contributed by atoms with Gasteiger partial charge >= 0.3 is 0 Å². The van der Waals surface area contributed by atoms with Crippen LogP contribution in [-0.4, -0.2) is 14.2 Å². The first-order valence-corrected chi connectivity index (χ1v) is 8.96. The van der Waals surface area contributed by atoms with Crippen molar-refractivity contribution in [3.05, 3.63) is 114 Å². The van der Waals surface area contributed by atoms with Gasteiger partial charge in [-0.2, -0.15) is 0 Å². The van der Waals surface area contributed by atoms with Crippen molar-refractivity contribution in [3.63, 3.8) is 0 Å². The minimum absolute atomic E-state index is 0.741. The fraction of sp³-hybridized carbons (Fsp3) is 0.0769. The zero-order chi connectivity index (χ0) is 19.8. The van der Waals surface area contributed by atoms with E-state index in [1.54, 1.807) is 14.2 Å². The van der Waals surface area contributed by atoms with Gasteiger partial charge in [-0.1, -0.05) is 60.9 Å². The molecule has 2 nitrogen and oxygen atoms in total. The number of allylic oxidation sites excluding steroid dienone is 2. The van der Waals surface area contributed by atoms with Gasteiger partial charge in [0.2, 0.25) is 0 Å². The highest BCUT2D eigenvalue weighted by Gasteiger charge is 2.07. The first kappa shape index (κ1) is 19.1. The third kappa shape index (κ3) is 4.93. The van der Waals surface area contributed by atoms with E-state index in [-0.39, 0.29) is 0 Å². The number of rotatable bonds is 5. The van der Waals surface area contributed by atoms with E-state index in [1.165, 1.54) is 0 Å². The topological polar surface area (TPSA) is 18.5 Å². The smallest absolute Gasteiger partial charge is 0.118 e. The maximum absolute atomic E-state index is 5.28. The number of ether oxygens (including phenoxy) is 2. The second kappa shape index (κ2) is 9.30. The molecule has 0 amide bonds. The van der Waals surface area contributed by atoms with E-state index in [2.05, 4.69) is 18.4 Å². The van der Waals surface area contributed by atoms with E-state index in [4.69, 9.17) is 9.47 Å². The fourth-order valence-corrected chi connectivity index (χ4v) is 2.76. The number of hydrogen-bond acceptors (Lipinski definition) is 2. The quantitative estimate of drug-likeness (QED) is 0.423. The monoisotopic (exact) mass is 366 g/mol. The molecule has 3 rings (SSSR count). The van der Waals surface area contributed by atoms with Crippen molar-refractivity contribution >= 4 is 5.57 Å². The molecular weight excluding hydrogens is 344 g/mol. The summed E-state index contributed by atoms with van der Waals surface area (Å²) in [5, 5.41) is 0. The average Bonchev–Trinajstić information content (AvgIpc) is 2.77. The zero-order valence-corrected chi connectivity index (χ0v) is 16.1. The Kier molecular flexibility index (Phi) is 6.33. The van der Waals surface area contributed by atoms with Gasteiger partial charge in [-0.05, 0) is 59.2 Å². The van der Waals surface area contributed by atoms with E-state index < -0.39 is 0 Å². The summed E-state index contributed by atoms with van der Waals surface area (Å²) in [6, 6.07) is 25.8. The molecular formula is C26H22O2. The third-order valence-corrected chi connectivity index (χ3v) is 4.26. The summed E-state index contributed by atoms with van der Waals surface area (Å²) in [5.41, 5.74) is 4.87. The highest BCUT2D eigenvalue weighted by molar-refractivity contribution is 5.82. The molecule has 0 aromatic heterocycles. The predicted octanol–water partition coefficient (Wildman–Crippen LogP) is 5.74. The Morgan fingerprint density at radius 3 is 1.71 bits per heavy atom. The minimum atomic E-state index is 0.741. The van der Waals surface area contributed by atoms with Gasteiger partial charge in [-0.25, -0.2) is 0 Å². The van der Waals surface area contributed by atoms with E-state index in [0.29, 0.717) is 0 Å². The van der Waals surface area contributed by atoms with Crippen LogP contribution in [0.15, 0.2) is 97.1 Å². The zero-order valence-electron chi connectivity index (χ0n) is 16.1. The SMILES string of the molecule is C=C(C#Cc1ccccc1)C=C(c1ccc(OC)cc1)c1ccc(OC)cc1. The normalized spacial score (nSPS) is 9.64. The van der Waals surface area contributed by atoms with Gasteiger partial charge in [0.1, 0.15) is 11.5 Å². The molecule has 0 aliphatic heterocycles. The maximum atomic E-state index is 5.28. The van der Waals surface area contributed by atoms with Gasteiger partial charge in [-0.3, -0.25) is 0 Å². The molecule has 0 saturated heterocycles. The van der Waals surface area contributed by atoms with E-state index in [1.807, 2.05) is 84.9 Å². The molecule has 3 aromatic carbocycles. The molecule has 0 spiro atoms. The predicted molar refractivity (Wildman–Crippen MR) is 116 cm³/mol. The minimum Gasteiger partial charge on any atom is -0.497 e. The highest BCUT2D eigenvalue weighted by atomic mass is 16.5. The van der Waals surface area contributed by atoms with Crippen LogP contribution in [0.4, 0.5) is 0 Å². The van der Waals surface area contributed by atoms with Crippen molar-refractivity contribution in [2.24, 2.45) is 0 Å². The number of benzene rings is 3. The van der Waals surface area contributed by atoms with Gasteiger partial charge in [0, 0.05) is 11.1 Å². The molecule has 28 heavy (non-hydrogen) atoms. The number of hydrogen-bond donors (Lipinski definition) is 0. The fourth-order valence-electron chi connectivity index (χ4n) is 2.76. The van der Waals surface area contributed by atoms with E-state index in [9.17, 15) is 0 Å². The van der Waals surface area contributed by atoms with Crippen molar-refractivity contribution in [1.82, 2.24) is 0 Å². The van der Waals surface area contributed by atoms with Gasteiger partial charge in [-0.15, -0.1) is 0 Å². The average molecular weight is 366 g/mol. The lowest BCUT2D eigenvalue weighted by Crippen LogP contribution is -1.91. The summed E-state index contributed by atoms with van der Waals surface area (Å²) < 4.78 is 10.6. The molecule has 0 heterocycles. The molecule has 0 radical (unpaired) electrons.